The molecular formula is C26H26F3N9O2. The van der Waals surface area contributed by atoms with E-state index in [9.17, 15) is 18.0 Å². The lowest BCUT2D eigenvalue weighted by atomic mass is 10.1. The van der Waals surface area contributed by atoms with E-state index < -0.39 is 12.3 Å². The van der Waals surface area contributed by atoms with Gasteiger partial charge in [0.1, 0.15) is 5.75 Å². The topological polar surface area (TPSA) is 123 Å². The highest BCUT2D eigenvalue weighted by Crippen LogP contribution is 2.26. The summed E-state index contributed by atoms with van der Waals surface area (Å²) in [5.41, 5.74) is 2.17. The van der Waals surface area contributed by atoms with E-state index in [0.29, 0.717) is 31.0 Å². The number of nitrogens with zero attached hydrogens (tertiary/aromatic N) is 7. The largest absolute Gasteiger partial charge is 0.573 e. The Morgan fingerprint density at radius 2 is 1.90 bits per heavy atom. The smallest absolute Gasteiger partial charge is 0.406 e. The van der Waals surface area contributed by atoms with Crippen LogP contribution in [-0.2, 0) is 24.3 Å². The molecule has 0 aliphatic carbocycles. The van der Waals surface area contributed by atoms with E-state index in [2.05, 4.69) is 45.8 Å². The van der Waals surface area contributed by atoms with Crippen LogP contribution in [0.2, 0.25) is 0 Å². The number of nitrogens with one attached hydrogen (secondary N) is 2. The molecule has 1 unspecified atom stereocenters. The van der Waals surface area contributed by atoms with Gasteiger partial charge in [0.15, 0.2) is 11.6 Å². The van der Waals surface area contributed by atoms with Crippen LogP contribution in [0.15, 0.2) is 67.0 Å². The summed E-state index contributed by atoms with van der Waals surface area (Å²) >= 11 is 0. The molecule has 0 saturated carbocycles. The van der Waals surface area contributed by atoms with Gasteiger partial charge in [-0.3, -0.25) is 9.78 Å². The van der Waals surface area contributed by atoms with Gasteiger partial charge in [-0.2, -0.15) is 0 Å². The summed E-state index contributed by atoms with van der Waals surface area (Å²) in [6.07, 6.45) is -0.387. The van der Waals surface area contributed by atoms with Gasteiger partial charge in [-0.05, 0) is 48.4 Å². The zero-order chi connectivity index (χ0) is 28.0. The van der Waals surface area contributed by atoms with Crippen molar-refractivity contribution in [2.24, 2.45) is 0 Å². The standard InChI is InChI=1S/C26H26F3N9O2/c27-26(28,29)40-22-6-3-4-18(12-22)13-25(39)32-23-7-8-24(35-34-23)37-11-9-21(17-37)38-16-20(33-36-38)15-30-14-19-5-1-2-10-31-19/h1-8,10,12,16,21,30H,9,11,13-15,17H2,(H,32,34,39). The second kappa shape index (κ2) is 12.1. The maximum absolute atomic E-state index is 12.4. The lowest BCUT2D eigenvalue weighted by Crippen LogP contribution is -2.23. The van der Waals surface area contributed by atoms with Gasteiger partial charge in [0.2, 0.25) is 5.91 Å². The quantitative estimate of drug-likeness (QED) is 0.305. The first kappa shape index (κ1) is 27.0. The van der Waals surface area contributed by atoms with Crippen molar-refractivity contribution in [3.05, 3.63) is 83.9 Å². The average molecular weight is 554 g/mol. The Morgan fingerprint density at radius 3 is 2.67 bits per heavy atom. The Kier molecular flexibility index (Phi) is 8.15. The molecule has 0 bridgehead atoms. The van der Waals surface area contributed by atoms with Crippen molar-refractivity contribution in [1.29, 1.82) is 0 Å². The number of amides is 1. The van der Waals surface area contributed by atoms with Crippen molar-refractivity contribution in [2.75, 3.05) is 23.3 Å². The molecule has 1 amide bonds. The summed E-state index contributed by atoms with van der Waals surface area (Å²) < 4.78 is 43.1. The van der Waals surface area contributed by atoms with Crippen molar-refractivity contribution in [2.45, 2.75) is 38.3 Å². The molecule has 4 aromatic rings. The molecule has 14 heteroatoms. The Hall–Kier alpha value is -4.59. The summed E-state index contributed by atoms with van der Waals surface area (Å²) in [6.45, 7) is 2.66. The van der Waals surface area contributed by atoms with Crippen LogP contribution in [0.5, 0.6) is 5.75 Å². The van der Waals surface area contributed by atoms with Gasteiger partial charge in [0.05, 0.1) is 30.0 Å². The fourth-order valence-corrected chi connectivity index (χ4v) is 4.35. The molecule has 1 aliphatic rings. The third-order valence-electron chi connectivity index (χ3n) is 6.17. The minimum Gasteiger partial charge on any atom is -0.406 e. The number of hydrogen-bond donors (Lipinski definition) is 2. The van der Waals surface area contributed by atoms with Gasteiger partial charge in [-0.15, -0.1) is 28.5 Å². The van der Waals surface area contributed by atoms with E-state index >= 15 is 0 Å². The van der Waals surface area contributed by atoms with Crippen LogP contribution in [-0.4, -0.2) is 55.5 Å². The molecular weight excluding hydrogens is 527 g/mol. The number of pyridine rings is 1. The van der Waals surface area contributed by atoms with Crippen LogP contribution in [0.1, 0.15) is 29.4 Å². The fraction of sp³-hybridized carbons (Fsp3) is 0.308. The van der Waals surface area contributed by atoms with Crippen LogP contribution < -0.4 is 20.3 Å². The monoisotopic (exact) mass is 553 g/mol. The molecule has 40 heavy (non-hydrogen) atoms. The number of alkyl halides is 3. The number of aromatic nitrogens is 6. The average Bonchev–Trinajstić information content (AvgIpc) is 3.59. The second-order valence-electron chi connectivity index (χ2n) is 9.20. The molecule has 5 rings (SSSR count). The van der Waals surface area contributed by atoms with Gasteiger partial charge in [-0.1, -0.05) is 23.4 Å². The van der Waals surface area contributed by atoms with E-state index in [4.69, 9.17) is 0 Å². The van der Waals surface area contributed by atoms with Gasteiger partial charge >= 0.3 is 6.36 Å². The van der Waals surface area contributed by atoms with Crippen LogP contribution in [0.4, 0.5) is 24.8 Å². The van der Waals surface area contributed by atoms with Gasteiger partial charge in [0, 0.05) is 32.4 Å². The number of benzene rings is 1. The number of halogens is 3. The normalized spacial score (nSPS) is 15.3. The van der Waals surface area contributed by atoms with Gasteiger partial charge < -0.3 is 20.3 Å². The molecule has 4 heterocycles. The fourth-order valence-electron chi connectivity index (χ4n) is 4.35. The molecule has 1 fully saturated rings. The van der Waals surface area contributed by atoms with Crippen LogP contribution in [0, 0.1) is 0 Å². The molecule has 208 valence electrons. The zero-order valence-electron chi connectivity index (χ0n) is 21.3. The Bertz CT molecular complexity index is 1410. The zero-order valence-corrected chi connectivity index (χ0v) is 21.3. The third-order valence-corrected chi connectivity index (χ3v) is 6.17. The highest BCUT2D eigenvalue weighted by Gasteiger charge is 2.31. The predicted octanol–water partition coefficient (Wildman–Crippen LogP) is 3.28. The maximum Gasteiger partial charge on any atom is 0.573 e. The second-order valence-corrected chi connectivity index (χ2v) is 9.20. The van der Waals surface area contributed by atoms with Crippen molar-refractivity contribution in [1.82, 2.24) is 35.5 Å². The summed E-state index contributed by atoms with van der Waals surface area (Å²) in [7, 11) is 0. The molecule has 1 saturated heterocycles. The lowest BCUT2D eigenvalue weighted by Gasteiger charge is -2.17. The highest BCUT2D eigenvalue weighted by atomic mass is 19.4. The number of anilines is 2. The number of carbonyl (C=O) groups excluding carboxylic acids is 1. The van der Waals surface area contributed by atoms with Crippen molar-refractivity contribution < 1.29 is 22.7 Å². The van der Waals surface area contributed by atoms with Crippen LogP contribution >= 0.6 is 0 Å². The minimum absolute atomic E-state index is 0.135. The van der Waals surface area contributed by atoms with Gasteiger partial charge in [-0.25, -0.2) is 4.68 Å². The highest BCUT2D eigenvalue weighted by molar-refractivity contribution is 5.91. The number of rotatable bonds is 10. The Morgan fingerprint density at radius 1 is 1.02 bits per heavy atom. The van der Waals surface area contributed by atoms with Crippen LogP contribution in [0.25, 0.3) is 0 Å². The van der Waals surface area contributed by atoms with E-state index in [1.165, 1.54) is 24.3 Å². The molecule has 2 N–H and O–H groups in total. The van der Waals surface area contributed by atoms with E-state index in [-0.39, 0.29) is 24.0 Å². The molecule has 3 aromatic heterocycles. The number of hydrogen-bond acceptors (Lipinski definition) is 9. The molecule has 1 atom stereocenters. The first-order valence-corrected chi connectivity index (χ1v) is 12.6. The predicted molar refractivity (Wildman–Crippen MR) is 138 cm³/mol. The Balaban J connectivity index is 1.09. The SMILES string of the molecule is O=C(Cc1cccc(OC(F)(F)F)c1)Nc1ccc(N2CCC(n3cc(CNCc4ccccn4)nn3)C2)nn1. The van der Waals surface area contributed by atoms with Gasteiger partial charge in [0.25, 0.3) is 0 Å². The lowest BCUT2D eigenvalue weighted by molar-refractivity contribution is -0.274. The summed E-state index contributed by atoms with van der Waals surface area (Å²) in [5.74, 6) is 0.0791. The first-order chi connectivity index (χ1) is 19.3. The minimum atomic E-state index is -4.80. The molecule has 0 radical (unpaired) electrons. The summed E-state index contributed by atoms with van der Waals surface area (Å²) in [6, 6.07) is 14.6. The molecule has 0 spiro atoms. The number of carbonyl (C=O) groups is 1. The Labute approximate surface area is 227 Å². The van der Waals surface area contributed by atoms with E-state index in [0.717, 1.165) is 24.4 Å². The first-order valence-electron chi connectivity index (χ1n) is 12.6. The van der Waals surface area contributed by atoms with Crippen molar-refractivity contribution in [3.63, 3.8) is 0 Å². The summed E-state index contributed by atoms with van der Waals surface area (Å²) in [4.78, 5) is 18.8. The molecule has 11 nitrogen and oxygen atoms in total. The summed E-state index contributed by atoms with van der Waals surface area (Å²) in [5, 5.41) is 22.8. The number of ether oxygens (including phenoxy) is 1. The van der Waals surface area contributed by atoms with Crippen LogP contribution in [0.3, 0.4) is 0 Å². The molecule has 1 aromatic carbocycles. The van der Waals surface area contributed by atoms with E-state index in [1.807, 2.05) is 29.1 Å². The third kappa shape index (κ3) is 7.50. The van der Waals surface area contributed by atoms with Crippen molar-refractivity contribution in [3.8, 4) is 5.75 Å². The molecule has 1 aliphatic heterocycles. The van der Waals surface area contributed by atoms with E-state index in [1.54, 1.807) is 18.3 Å². The maximum atomic E-state index is 12.4. The van der Waals surface area contributed by atoms with Crippen molar-refractivity contribution >= 4 is 17.5 Å².